The Kier molecular flexibility index (Phi) is 11.2. The van der Waals surface area contributed by atoms with Crippen LogP contribution in [-0.2, 0) is 35.0 Å². The maximum absolute atomic E-state index is 12.7. The van der Waals surface area contributed by atoms with Gasteiger partial charge in [0, 0.05) is 6.42 Å². The summed E-state index contributed by atoms with van der Waals surface area (Å²) < 4.78 is 30.5. The third kappa shape index (κ3) is 8.04. The van der Waals surface area contributed by atoms with Crippen LogP contribution >= 0.6 is 11.8 Å². The van der Waals surface area contributed by atoms with Crippen LogP contribution in [0.3, 0.4) is 0 Å². The summed E-state index contributed by atoms with van der Waals surface area (Å²) in [4.78, 5) is 28.7. The number of methoxy groups -OCH3 is 1. The molecule has 0 bridgehead atoms. The maximum atomic E-state index is 12.7. The smallest absolute Gasteiger partial charge is 0.249 e. The number of hydrogen-bond donors (Lipinski definition) is 1. The highest BCUT2D eigenvalue weighted by atomic mass is 32.2. The van der Waals surface area contributed by atoms with E-state index in [1.165, 1.54) is 25.7 Å². The van der Waals surface area contributed by atoms with Gasteiger partial charge in [0.15, 0.2) is 6.29 Å². The molecule has 3 aliphatic rings. The average molecular weight is 562 g/mol. The van der Waals surface area contributed by atoms with Crippen LogP contribution < -0.4 is 10.1 Å². The van der Waals surface area contributed by atoms with Crippen LogP contribution in [-0.4, -0.2) is 79.2 Å². The quantitative estimate of drug-likeness (QED) is 0.341. The Morgan fingerprint density at radius 1 is 1.18 bits per heavy atom. The zero-order valence-electron chi connectivity index (χ0n) is 23.3. The molecule has 39 heavy (non-hydrogen) atoms. The highest BCUT2D eigenvalue weighted by Gasteiger charge is 2.53. The van der Waals surface area contributed by atoms with Gasteiger partial charge in [-0.25, -0.2) is 0 Å². The lowest BCUT2D eigenvalue weighted by Crippen LogP contribution is -2.62. The Labute approximate surface area is 235 Å². The molecule has 1 amide bonds. The van der Waals surface area contributed by atoms with Crippen molar-refractivity contribution >= 4 is 29.0 Å². The number of ether oxygens (including phenoxy) is 5. The van der Waals surface area contributed by atoms with Crippen LogP contribution in [0.2, 0.25) is 0 Å². The second-order valence-corrected chi connectivity index (χ2v) is 11.5. The fourth-order valence-electron chi connectivity index (χ4n) is 5.05. The SMILES string of the molecule is CCCCCCCC1=N[C@@H]2[C@@H](O[C@H](C)C(=O)N[C@@H](C)[C]=O)[C@@H]3O[C@H](Cc4ccc(OC)cc4)OC[C@H]3O[C@@H]2S1. The normalized spacial score (nSPS) is 29.5. The van der Waals surface area contributed by atoms with Crippen molar-refractivity contribution in [1.82, 2.24) is 5.32 Å². The molecule has 9 nitrogen and oxygen atoms in total. The molecule has 4 rings (SSSR count). The molecule has 0 aliphatic carbocycles. The number of rotatable bonds is 14. The standard InChI is InChI=1S/C29H41N2O7S/c1-5-6-7-8-9-10-23-31-25-27(36-19(3)28(33)30-18(2)16-32)26-22(37-29(25)39-23)17-35-24(38-26)15-20-11-13-21(34-4)14-12-20/h11-14,18-19,22,24-27,29H,5-10,15,17H2,1-4H3,(H,30,33)/t18-,19+,22+,24+,25+,26+,27+,29+/m0/s1. The number of thioether (sulfide) groups is 1. The van der Waals surface area contributed by atoms with E-state index in [2.05, 4.69) is 12.2 Å². The largest absolute Gasteiger partial charge is 0.497 e. The zero-order chi connectivity index (χ0) is 27.8. The van der Waals surface area contributed by atoms with Gasteiger partial charge in [-0.1, -0.05) is 56.5 Å². The van der Waals surface area contributed by atoms with E-state index in [-0.39, 0.29) is 23.5 Å². The number of carbonyl (C=O) groups is 1. The fraction of sp³-hybridized carbons (Fsp3) is 0.690. The second-order valence-electron chi connectivity index (χ2n) is 10.3. The first-order valence-corrected chi connectivity index (χ1v) is 14.9. The minimum atomic E-state index is -0.810. The molecule has 215 valence electrons. The van der Waals surface area contributed by atoms with Crippen LogP contribution in [0.25, 0.3) is 0 Å². The minimum absolute atomic E-state index is 0.218. The van der Waals surface area contributed by atoms with E-state index in [1.54, 1.807) is 39.0 Å². The summed E-state index contributed by atoms with van der Waals surface area (Å²) in [6, 6.07) is 6.78. The maximum Gasteiger partial charge on any atom is 0.249 e. The number of unbranched alkanes of at least 4 members (excludes halogenated alkanes) is 4. The number of benzene rings is 1. The van der Waals surface area contributed by atoms with E-state index in [4.69, 9.17) is 28.7 Å². The molecular weight excluding hydrogens is 520 g/mol. The van der Waals surface area contributed by atoms with Gasteiger partial charge in [-0.15, -0.1) is 0 Å². The van der Waals surface area contributed by atoms with Crippen molar-refractivity contribution in [3.63, 3.8) is 0 Å². The summed E-state index contributed by atoms with van der Waals surface area (Å²) >= 11 is 1.65. The highest BCUT2D eigenvalue weighted by molar-refractivity contribution is 8.14. The predicted octanol–water partition coefficient (Wildman–Crippen LogP) is 3.97. The molecule has 2 saturated heterocycles. The number of aliphatic imine (C=N–C) groups is 1. The molecule has 0 saturated carbocycles. The van der Waals surface area contributed by atoms with Gasteiger partial charge in [0.2, 0.25) is 12.2 Å². The van der Waals surface area contributed by atoms with Gasteiger partial charge < -0.3 is 29.0 Å². The number of nitrogens with one attached hydrogen (secondary N) is 1. The van der Waals surface area contributed by atoms with Crippen molar-refractivity contribution in [3.8, 4) is 5.75 Å². The van der Waals surface area contributed by atoms with E-state index in [9.17, 15) is 9.59 Å². The molecule has 10 heteroatoms. The Balaban J connectivity index is 1.47. The molecule has 0 unspecified atom stereocenters. The van der Waals surface area contributed by atoms with E-state index >= 15 is 0 Å². The Bertz CT molecular complexity index is 975. The highest BCUT2D eigenvalue weighted by Crippen LogP contribution is 2.42. The molecular formula is C29H41N2O7S. The molecule has 1 N–H and O–H groups in total. The second kappa shape index (κ2) is 14.6. The summed E-state index contributed by atoms with van der Waals surface area (Å²) in [6.07, 6.45) is 6.62. The fourth-order valence-corrected chi connectivity index (χ4v) is 6.32. The Morgan fingerprint density at radius 2 is 1.95 bits per heavy atom. The molecule has 3 heterocycles. The number of nitrogens with zero attached hydrogens (tertiary/aromatic N) is 1. The van der Waals surface area contributed by atoms with E-state index in [0.717, 1.165) is 29.2 Å². The van der Waals surface area contributed by atoms with Gasteiger partial charge in [0.05, 0.1) is 24.8 Å². The van der Waals surface area contributed by atoms with E-state index < -0.39 is 30.6 Å². The first-order chi connectivity index (χ1) is 18.9. The average Bonchev–Trinajstić information content (AvgIpc) is 3.35. The van der Waals surface area contributed by atoms with Gasteiger partial charge >= 0.3 is 0 Å². The summed E-state index contributed by atoms with van der Waals surface area (Å²) in [6.45, 7) is 5.83. The minimum Gasteiger partial charge on any atom is -0.497 e. The van der Waals surface area contributed by atoms with Gasteiger partial charge in [-0.05, 0) is 44.4 Å². The summed E-state index contributed by atoms with van der Waals surface area (Å²) in [5.41, 5.74) is 0.836. The van der Waals surface area contributed by atoms with Crippen molar-refractivity contribution < 1.29 is 33.3 Å². The van der Waals surface area contributed by atoms with Gasteiger partial charge in [-0.3, -0.25) is 14.6 Å². The third-order valence-electron chi connectivity index (χ3n) is 7.24. The number of fused-ring (bicyclic) bond motifs is 2. The lowest BCUT2D eigenvalue weighted by Gasteiger charge is -2.47. The van der Waals surface area contributed by atoms with Gasteiger partial charge in [-0.2, -0.15) is 0 Å². The van der Waals surface area contributed by atoms with Crippen LogP contribution in [0.5, 0.6) is 5.75 Å². The van der Waals surface area contributed by atoms with Crippen LogP contribution in [0, 0.1) is 0 Å². The predicted molar refractivity (Wildman–Crippen MR) is 150 cm³/mol. The van der Waals surface area contributed by atoms with Crippen LogP contribution in [0.4, 0.5) is 0 Å². The molecule has 1 aromatic rings. The monoisotopic (exact) mass is 561 g/mol. The molecule has 2 fully saturated rings. The molecule has 0 spiro atoms. The molecule has 3 aliphatic heterocycles. The molecule has 8 atom stereocenters. The number of hydrogen-bond acceptors (Lipinski definition) is 9. The Morgan fingerprint density at radius 3 is 2.67 bits per heavy atom. The summed E-state index contributed by atoms with van der Waals surface area (Å²) in [7, 11) is 1.64. The summed E-state index contributed by atoms with van der Waals surface area (Å²) in [5.74, 6) is 0.411. The third-order valence-corrected chi connectivity index (χ3v) is 8.44. The summed E-state index contributed by atoms with van der Waals surface area (Å²) in [5, 5.41) is 3.68. The number of carbonyl (C=O) groups excluding carboxylic acids is 2. The van der Waals surface area contributed by atoms with Crippen molar-refractivity contribution in [1.29, 1.82) is 0 Å². The van der Waals surface area contributed by atoms with Gasteiger partial charge in [0.25, 0.3) is 0 Å². The van der Waals surface area contributed by atoms with Crippen molar-refractivity contribution in [3.05, 3.63) is 29.8 Å². The van der Waals surface area contributed by atoms with E-state index in [0.29, 0.717) is 13.0 Å². The van der Waals surface area contributed by atoms with Crippen LogP contribution in [0.1, 0.15) is 64.9 Å². The van der Waals surface area contributed by atoms with Crippen molar-refractivity contribution in [2.75, 3.05) is 13.7 Å². The van der Waals surface area contributed by atoms with Crippen LogP contribution in [0.15, 0.2) is 29.3 Å². The lowest BCUT2D eigenvalue weighted by molar-refractivity contribution is -0.307. The van der Waals surface area contributed by atoms with Gasteiger partial charge in [0.1, 0.15) is 41.6 Å². The number of amides is 1. The topological polar surface area (TPSA) is 105 Å². The lowest BCUT2D eigenvalue weighted by atomic mass is 9.96. The van der Waals surface area contributed by atoms with Crippen molar-refractivity contribution in [2.45, 2.75) is 114 Å². The van der Waals surface area contributed by atoms with Crippen molar-refractivity contribution in [2.24, 2.45) is 4.99 Å². The molecule has 1 radical (unpaired) electrons. The zero-order valence-corrected chi connectivity index (χ0v) is 24.1. The van der Waals surface area contributed by atoms with E-state index in [1.807, 2.05) is 24.3 Å². The first-order valence-electron chi connectivity index (χ1n) is 14.0. The molecule has 1 aromatic carbocycles. The first kappa shape index (κ1) is 30.0. The Hall–Kier alpha value is -1.98. The molecule has 0 aromatic heterocycles.